The number of ether oxygens (including phenoxy) is 2. The van der Waals surface area contributed by atoms with Crippen molar-refractivity contribution in [3.05, 3.63) is 69.1 Å². The SMILES string of the molecule is NC(=O)CC[C@H](NC(=O)OCC1=Cc2ccccc2S1(=O)=O)C(=O)Oc1ccc([N+](=O)[O-])cc1. The molecule has 0 bridgehead atoms. The summed E-state index contributed by atoms with van der Waals surface area (Å²) in [4.78, 5) is 46.0. The van der Waals surface area contributed by atoms with Gasteiger partial charge in [-0.15, -0.1) is 0 Å². The second kappa shape index (κ2) is 10.1. The van der Waals surface area contributed by atoms with Gasteiger partial charge in [0, 0.05) is 18.6 Å². The maximum absolute atomic E-state index is 12.5. The van der Waals surface area contributed by atoms with Crippen LogP contribution in [-0.2, 0) is 24.2 Å². The minimum atomic E-state index is -3.80. The zero-order valence-corrected chi connectivity index (χ0v) is 18.3. The Morgan fingerprint density at radius 1 is 1.09 bits per heavy atom. The molecule has 0 spiro atoms. The number of sulfone groups is 1. The van der Waals surface area contributed by atoms with Crippen molar-refractivity contribution in [2.75, 3.05) is 6.61 Å². The van der Waals surface area contributed by atoms with Gasteiger partial charge in [0.15, 0.2) is 0 Å². The summed E-state index contributed by atoms with van der Waals surface area (Å²) < 4.78 is 35.1. The fourth-order valence-corrected chi connectivity index (χ4v) is 4.51. The van der Waals surface area contributed by atoms with Gasteiger partial charge in [-0.25, -0.2) is 18.0 Å². The number of rotatable bonds is 9. The summed E-state index contributed by atoms with van der Waals surface area (Å²) >= 11 is 0. The number of nitrogens with one attached hydrogen (secondary N) is 1. The van der Waals surface area contributed by atoms with Gasteiger partial charge in [0.05, 0.1) is 14.7 Å². The first-order valence-electron chi connectivity index (χ1n) is 9.80. The second-order valence-corrected chi connectivity index (χ2v) is 9.07. The van der Waals surface area contributed by atoms with Gasteiger partial charge in [-0.2, -0.15) is 0 Å². The monoisotopic (exact) mass is 489 g/mol. The number of primary amides is 1. The minimum Gasteiger partial charge on any atom is -0.444 e. The highest BCUT2D eigenvalue weighted by molar-refractivity contribution is 7.95. The predicted octanol–water partition coefficient (Wildman–Crippen LogP) is 1.69. The fourth-order valence-electron chi connectivity index (χ4n) is 3.04. The zero-order chi connectivity index (χ0) is 24.9. The van der Waals surface area contributed by atoms with Crippen LogP contribution in [0.1, 0.15) is 18.4 Å². The van der Waals surface area contributed by atoms with Crippen molar-refractivity contribution in [2.45, 2.75) is 23.8 Å². The van der Waals surface area contributed by atoms with Crippen LogP contribution in [0, 0.1) is 10.1 Å². The number of benzene rings is 2. The maximum Gasteiger partial charge on any atom is 0.408 e. The third-order valence-corrected chi connectivity index (χ3v) is 6.61. The van der Waals surface area contributed by atoms with Gasteiger partial charge >= 0.3 is 12.1 Å². The highest BCUT2D eigenvalue weighted by Crippen LogP contribution is 2.32. The first-order chi connectivity index (χ1) is 16.1. The van der Waals surface area contributed by atoms with Crippen LogP contribution in [0.3, 0.4) is 0 Å². The van der Waals surface area contributed by atoms with Gasteiger partial charge in [-0.05, 0) is 36.3 Å². The number of carbonyl (C=O) groups is 3. The van der Waals surface area contributed by atoms with Crippen molar-refractivity contribution in [1.29, 1.82) is 0 Å². The number of nitrogens with two attached hydrogens (primary N) is 1. The number of hydrogen-bond acceptors (Lipinski definition) is 9. The van der Waals surface area contributed by atoms with E-state index in [9.17, 15) is 32.9 Å². The first kappa shape index (κ1) is 24.4. The summed E-state index contributed by atoms with van der Waals surface area (Å²) in [5.74, 6) is -1.75. The van der Waals surface area contributed by atoms with Crippen molar-refractivity contribution in [1.82, 2.24) is 5.32 Å². The molecule has 0 saturated heterocycles. The number of amides is 2. The average Bonchev–Trinajstić information content (AvgIpc) is 3.05. The first-order valence-corrected chi connectivity index (χ1v) is 11.3. The summed E-state index contributed by atoms with van der Waals surface area (Å²) in [6.45, 7) is -0.581. The normalized spacial score (nSPS) is 14.3. The van der Waals surface area contributed by atoms with Gasteiger partial charge in [0.1, 0.15) is 18.4 Å². The number of nitro benzene ring substituents is 1. The molecule has 1 heterocycles. The number of fused-ring (bicyclic) bond motifs is 1. The lowest BCUT2D eigenvalue weighted by atomic mass is 10.1. The van der Waals surface area contributed by atoms with Gasteiger partial charge in [-0.3, -0.25) is 14.9 Å². The van der Waals surface area contributed by atoms with E-state index < -0.39 is 45.4 Å². The topological polar surface area (TPSA) is 185 Å². The number of nitro groups is 1. The van der Waals surface area contributed by atoms with Crippen LogP contribution in [0.5, 0.6) is 5.75 Å². The van der Waals surface area contributed by atoms with Crippen molar-refractivity contribution < 1.29 is 37.2 Å². The molecule has 0 unspecified atom stereocenters. The molecule has 0 saturated carbocycles. The third kappa shape index (κ3) is 5.75. The third-order valence-electron chi connectivity index (χ3n) is 4.74. The number of non-ortho nitro benzene ring substituents is 1. The van der Waals surface area contributed by atoms with Crippen molar-refractivity contribution in [3.8, 4) is 5.75 Å². The van der Waals surface area contributed by atoms with Gasteiger partial charge in [-0.1, -0.05) is 18.2 Å². The number of nitrogens with zero attached hydrogens (tertiary/aromatic N) is 1. The molecule has 2 amide bonds. The molecule has 2 aromatic carbocycles. The largest absolute Gasteiger partial charge is 0.444 e. The van der Waals surface area contributed by atoms with E-state index in [1.807, 2.05) is 0 Å². The number of hydrogen-bond donors (Lipinski definition) is 2. The Kier molecular flexibility index (Phi) is 7.26. The van der Waals surface area contributed by atoms with Gasteiger partial charge in [0.2, 0.25) is 15.7 Å². The van der Waals surface area contributed by atoms with Gasteiger partial charge in [0.25, 0.3) is 5.69 Å². The van der Waals surface area contributed by atoms with Crippen LogP contribution < -0.4 is 15.8 Å². The van der Waals surface area contributed by atoms with Crippen LogP contribution in [0.4, 0.5) is 10.5 Å². The Balaban J connectivity index is 1.63. The Morgan fingerprint density at radius 3 is 2.38 bits per heavy atom. The van der Waals surface area contributed by atoms with Crippen LogP contribution in [-0.4, -0.2) is 44.0 Å². The Labute approximate surface area is 193 Å². The summed E-state index contributed by atoms with van der Waals surface area (Å²) in [5.41, 5.74) is 5.36. The van der Waals surface area contributed by atoms with E-state index >= 15 is 0 Å². The van der Waals surface area contributed by atoms with E-state index in [0.29, 0.717) is 5.56 Å². The van der Waals surface area contributed by atoms with E-state index in [4.69, 9.17) is 15.2 Å². The molecule has 2 aromatic rings. The minimum absolute atomic E-state index is 0.0326. The molecule has 12 nitrogen and oxygen atoms in total. The van der Waals surface area contributed by atoms with Crippen LogP contribution in [0.25, 0.3) is 6.08 Å². The molecule has 178 valence electrons. The maximum atomic E-state index is 12.5. The van der Waals surface area contributed by atoms with Gasteiger partial charge < -0.3 is 20.5 Å². The highest BCUT2D eigenvalue weighted by Gasteiger charge is 2.31. The van der Waals surface area contributed by atoms with Crippen LogP contribution in [0.2, 0.25) is 0 Å². The summed E-state index contributed by atoms with van der Waals surface area (Å²) in [7, 11) is -3.80. The molecular weight excluding hydrogens is 470 g/mol. The van der Waals surface area contributed by atoms with E-state index in [1.165, 1.54) is 24.3 Å². The molecule has 1 atom stereocenters. The van der Waals surface area contributed by atoms with Crippen LogP contribution >= 0.6 is 0 Å². The Bertz CT molecular complexity index is 1270. The lowest BCUT2D eigenvalue weighted by molar-refractivity contribution is -0.384. The number of esters is 1. The zero-order valence-electron chi connectivity index (χ0n) is 17.5. The number of alkyl carbamates (subject to hydrolysis) is 1. The predicted molar refractivity (Wildman–Crippen MR) is 117 cm³/mol. The average molecular weight is 489 g/mol. The highest BCUT2D eigenvalue weighted by atomic mass is 32.2. The van der Waals surface area contributed by atoms with E-state index in [0.717, 1.165) is 12.1 Å². The fraction of sp³-hybridized carbons (Fsp3) is 0.190. The Morgan fingerprint density at radius 2 is 1.76 bits per heavy atom. The van der Waals surface area contributed by atoms with Crippen LogP contribution in [0.15, 0.2) is 58.3 Å². The standard InChI is InChI=1S/C21H19N3O9S/c22-19(25)10-9-17(20(26)33-15-7-5-14(6-8-15)24(28)29)23-21(27)32-12-16-11-13-3-1-2-4-18(13)34(16,30)31/h1-8,11,17H,9-10,12H2,(H2,22,25)(H,23,27)/t17-/m0/s1. The molecule has 0 fully saturated rings. The molecular formula is C21H19N3O9S. The number of carbonyl (C=O) groups excluding carboxylic acids is 3. The molecule has 34 heavy (non-hydrogen) atoms. The smallest absolute Gasteiger partial charge is 0.408 e. The molecule has 0 radical (unpaired) electrons. The molecule has 1 aliphatic rings. The summed E-state index contributed by atoms with van der Waals surface area (Å²) in [5, 5.41) is 12.9. The lowest BCUT2D eigenvalue weighted by Gasteiger charge is -2.17. The molecule has 1 aliphatic heterocycles. The van der Waals surface area contributed by atoms with Crippen molar-refractivity contribution in [2.24, 2.45) is 5.73 Å². The van der Waals surface area contributed by atoms with E-state index in [1.54, 1.807) is 18.2 Å². The lowest BCUT2D eigenvalue weighted by Crippen LogP contribution is -2.44. The summed E-state index contributed by atoms with van der Waals surface area (Å²) in [6, 6.07) is 9.54. The molecule has 3 N–H and O–H groups in total. The van der Waals surface area contributed by atoms with E-state index in [-0.39, 0.29) is 34.1 Å². The Hall–Kier alpha value is -4.26. The molecule has 3 rings (SSSR count). The quantitative estimate of drug-likeness (QED) is 0.229. The van der Waals surface area contributed by atoms with Crippen molar-refractivity contribution >= 4 is 39.6 Å². The molecule has 0 aromatic heterocycles. The van der Waals surface area contributed by atoms with E-state index in [2.05, 4.69) is 5.32 Å². The molecule has 0 aliphatic carbocycles. The molecule has 13 heteroatoms. The van der Waals surface area contributed by atoms with Crippen molar-refractivity contribution in [3.63, 3.8) is 0 Å². The second-order valence-electron chi connectivity index (χ2n) is 7.10. The summed E-state index contributed by atoms with van der Waals surface area (Å²) in [6.07, 6.45) is -0.231.